The summed E-state index contributed by atoms with van der Waals surface area (Å²) in [6.45, 7) is 1.66. The minimum atomic E-state index is -3.75. The minimum Gasteiger partial charge on any atom is -0.465 e. The Morgan fingerprint density at radius 1 is 1.42 bits per heavy atom. The van der Waals surface area contributed by atoms with E-state index in [4.69, 9.17) is 5.26 Å². The molecule has 0 bridgehead atoms. The number of carbonyl (C=O) groups is 1. The third-order valence-electron chi connectivity index (χ3n) is 2.12. The first-order valence-electron chi connectivity index (χ1n) is 5.42. The first-order valence-corrected chi connectivity index (χ1v) is 7.24. The van der Waals surface area contributed by atoms with Crippen LogP contribution in [0, 0.1) is 17.1 Å². The average Bonchev–Trinajstić information content (AvgIpc) is 2.26. The number of rotatable bonds is 5. The number of hydrogen-bond donors (Lipinski definition) is 0. The highest BCUT2D eigenvalue weighted by Crippen LogP contribution is 2.12. The van der Waals surface area contributed by atoms with Crippen molar-refractivity contribution in [2.24, 2.45) is 0 Å². The van der Waals surface area contributed by atoms with Crippen LogP contribution in [0.15, 0.2) is 18.2 Å². The van der Waals surface area contributed by atoms with E-state index in [-0.39, 0.29) is 17.7 Å². The Morgan fingerprint density at radius 3 is 2.68 bits per heavy atom. The number of carbonyl (C=O) groups excluding carboxylic acids is 1. The fourth-order valence-electron chi connectivity index (χ4n) is 1.49. The number of hydrogen-bond acceptors (Lipinski definition) is 5. The Balaban J connectivity index is 2.87. The Morgan fingerprint density at radius 2 is 2.11 bits per heavy atom. The maximum absolute atomic E-state index is 13.1. The zero-order valence-electron chi connectivity index (χ0n) is 10.2. The lowest BCUT2D eigenvalue weighted by Gasteiger charge is -2.05. The van der Waals surface area contributed by atoms with Gasteiger partial charge < -0.3 is 4.74 Å². The van der Waals surface area contributed by atoms with Crippen LogP contribution in [-0.4, -0.2) is 26.7 Å². The van der Waals surface area contributed by atoms with Crippen LogP contribution in [0.3, 0.4) is 0 Å². The molecule has 0 spiro atoms. The van der Waals surface area contributed by atoms with Crippen LogP contribution in [-0.2, 0) is 25.1 Å². The van der Waals surface area contributed by atoms with Gasteiger partial charge in [0.2, 0.25) is 0 Å². The van der Waals surface area contributed by atoms with Gasteiger partial charge in [-0.25, -0.2) is 12.8 Å². The van der Waals surface area contributed by atoms with E-state index in [1.807, 2.05) is 0 Å². The Hall–Kier alpha value is -1.94. The second-order valence-corrected chi connectivity index (χ2v) is 5.86. The van der Waals surface area contributed by atoms with E-state index in [0.717, 1.165) is 12.1 Å². The number of sulfone groups is 1. The predicted molar refractivity (Wildman–Crippen MR) is 65.2 cm³/mol. The molecule has 0 atom stereocenters. The molecule has 0 saturated heterocycles. The summed E-state index contributed by atoms with van der Waals surface area (Å²) in [4.78, 5) is 11.1. The summed E-state index contributed by atoms with van der Waals surface area (Å²) in [6.07, 6.45) is 0. The molecular formula is C12H12FNO4S. The van der Waals surface area contributed by atoms with Gasteiger partial charge >= 0.3 is 5.97 Å². The molecule has 1 aromatic rings. The first kappa shape index (κ1) is 15.1. The second kappa shape index (κ2) is 6.29. The number of benzene rings is 1. The van der Waals surface area contributed by atoms with Gasteiger partial charge in [-0.3, -0.25) is 4.79 Å². The van der Waals surface area contributed by atoms with Gasteiger partial charge in [0.25, 0.3) is 0 Å². The van der Waals surface area contributed by atoms with Crippen LogP contribution in [0.5, 0.6) is 0 Å². The topological polar surface area (TPSA) is 84.2 Å². The van der Waals surface area contributed by atoms with Crippen LogP contribution in [0.1, 0.15) is 18.1 Å². The lowest BCUT2D eigenvalue weighted by molar-refractivity contribution is -0.139. The molecule has 1 aromatic carbocycles. The summed E-state index contributed by atoms with van der Waals surface area (Å²) in [7, 11) is -3.75. The smallest absolute Gasteiger partial charge is 0.321 e. The highest BCUT2D eigenvalue weighted by Gasteiger charge is 2.19. The largest absolute Gasteiger partial charge is 0.465 e. The van der Waals surface area contributed by atoms with Gasteiger partial charge in [-0.05, 0) is 30.7 Å². The number of ether oxygens (including phenoxy) is 1. The molecule has 0 N–H and O–H groups in total. The lowest BCUT2D eigenvalue weighted by atomic mass is 10.1. The first-order chi connectivity index (χ1) is 8.86. The van der Waals surface area contributed by atoms with E-state index in [9.17, 15) is 17.6 Å². The van der Waals surface area contributed by atoms with Gasteiger partial charge in [0.15, 0.2) is 9.84 Å². The van der Waals surface area contributed by atoms with Crippen LogP contribution >= 0.6 is 0 Å². The van der Waals surface area contributed by atoms with Gasteiger partial charge in [0, 0.05) is 0 Å². The fourth-order valence-corrected chi connectivity index (χ4v) is 2.70. The van der Waals surface area contributed by atoms with Crippen molar-refractivity contribution in [2.45, 2.75) is 12.7 Å². The van der Waals surface area contributed by atoms with Crippen LogP contribution < -0.4 is 0 Å². The molecule has 5 nitrogen and oxygen atoms in total. The van der Waals surface area contributed by atoms with E-state index < -0.39 is 33.1 Å². The standard InChI is InChI=1S/C12H12FNO4S/c1-2-18-12(15)8-19(16,17)7-10-3-9(6-14)4-11(13)5-10/h3-5H,2,7-8H2,1H3. The summed E-state index contributed by atoms with van der Waals surface area (Å²) in [6, 6.07) is 5.02. The molecule has 0 aliphatic heterocycles. The average molecular weight is 285 g/mol. The minimum absolute atomic E-state index is 0.0290. The van der Waals surface area contributed by atoms with Crippen molar-refractivity contribution in [1.29, 1.82) is 5.26 Å². The molecule has 0 aromatic heterocycles. The molecule has 7 heteroatoms. The molecule has 19 heavy (non-hydrogen) atoms. The second-order valence-electron chi connectivity index (χ2n) is 3.80. The summed E-state index contributed by atoms with van der Waals surface area (Å²) >= 11 is 0. The Bertz CT molecular complexity index is 619. The molecule has 1 rings (SSSR count). The van der Waals surface area contributed by atoms with Gasteiger partial charge in [-0.15, -0.1) is 0 Å². The van der Waals surface area contributed by atoms with E-state index in [1.165, 1.54) is 6.07 Å². The number of esters is 1. The van der Waals surface area contributed by atoms with Crippen molar-refractivity contribution < 1.29 is 22.3 Å². The summed E-state index contributed by atoms with van der Waals surface area (Å²) in [5, 5.41) is 8.66. The molecule has 0 heterocycles. The molecule has 102 valence electrons. The fraction of sp³-hybridized carbons (Fsp3) is 0.333. The highest BCUT2D eigenvalue weighted by atomic mass is 32.2. The zero-order valence-corrected chi connectivity index (χ0v) is 11.0. The monoisotopic (exact) mass is 285 g/mol. The molecule has 0 fully saturated rings. The van der Waals surface area contributed by atoms with Crippen molar-refractivity contribution in [3.05, 3.63) is 35.1 Å². The van der Waals surface area contributed by atoms with E-state index >= 15 is 0 Å². The Labute approximate surface area is 110 Å². The van der Waals surface area contributed by atoms with E-state index in [1.54, 1.807) is 13.0 Å². The highest BCUT2D eigenvalue weighted by molar-refractivity contribution is 7.91. The summed E-state index contributed by atoms with van der Waals surface area (Å²) in [5.41, 5.74) is 0.155. The summed E-state index contributed by atoms with van der Waals surface area (Å²) < 4.78 is 41.1. The third-order valence-corrected chi connectivity index (χ3v) is 3.57. The maximum atomic E-state index is 13.1. The zero-order chi connectivity index (χ0) is 14.5. The predicted octanol–water partition coefficient (Wildman–Crippen LogP) is 1.18. The maximum Gasteiger partial charge on any atom is 0.321 e. The van der Waals surface area contributed by atoms with Crippen LogP contribution in [0.4, 0.5) is 4.39 Å². The van der Waals surface area contributed by atoms with Gasteiger partial charge in [-0.2, -0.15) is 5.26 Å². The van der Waals surface area contributed by atoms with E-state index in [2.05, 4.69) is 4.74 Å². The molecule has 0 radical (unpaired) electrons. The van der Waals surface area contributed by atoms with Gasteiger partial charge in [0.1, 0.15) is 11.6 Å². The third kappa shape index (κ3) is 5.06. The SMILES string of the molecule is CCOC(=O)CS(=O)(=O)Cc1cc(F)cc(C#N)c1. The summed E-state index contributed by atoms with van der Waals surface area (Å²) in [5.74, 6) is -2.82. The van der Waals surface area contributed by atoms with Crippen LogP contribution in [0.25, 0.3) is 0 Å². The molecular weight excluding hydrogens is 273 g/mol. The molecule has 0 aliphatic carbocycles. The van der Waals surface area contributed by atoms with Crippen LogP contribution in [0.2, 0.25) is 0 Å². The molecule has 0 unspecified atom stereocenters. The van der Waals surface area contributed by atoms with Crippen molar-refractivity contribution in [1.82, 2.24) is 0 Å². The molecule has 0 aliphatic rings. The van der Waals surface area contributed by atoms with Crippen molar-refractivity contribution >= 4 is 15.8 Å². The van der Waals surface area contributed by atoms with E-state index in [0.29, 0.717) is 0 Å². The van der Waals surface area contributed by atoms with Crippen molar-refractivity contribution in [2.75, 3.05) is 12.4 Å². The van der Waals surface area contributed by atoms with Crippen molar-refractivity contribution in [3.8, 4) is 6.07 Å². The number of nitriles is 1. The molecule has 0 saturated carbocycles. The number of nitrogens with zero attached hydrogens (tertiary/aromatic N) is 1. The van der Waals surface area contributed by atoms with Crippen molar-refractivity contribution in [3.63, 3.8) is 0 Å². The number of halogens is 1. The van der Waals surface area contributed by atoms with Gasteiger partial charge in [0.05, 0.1) is 24.0 Å². The Kier molecular flexibility index (Phi) is 5.01. The lowest BCUT2D eigenvalue weighted by Crippen LogP contribution is -2.20. The van der Waals surface area contributed by atoms with Gasteiger partial charge in [-0.1, -0.05) is 0 Å². The quantitative estimate of drug-likeness (QED) is 0.758. The molecule has 0 amide bonds. The normalized spacial score (nSPS) is 10.8.